The highest BCUT2D eigenvalue weighted by Crippen LogP contribution is 2.40. The number of carboxylic acid groups (broad SMARTS) is 1. The van der Waals surface area contributed by atoms with E-state index in [-0.39, 0.29) is 19.3 Å². The summed E-state index contributed by atoms with van der Waals surface area (Å²) in [5.41, 5.74) is 1.05. The van der Waals surface area contributed by atoms with Crippen molar-refractivity contribution in [3.63, 3.8) is 0 Å². The van der Waals surface area contributed by atoms with Gasteiger partial charge in [-0.2, -0.15) is 13.2 Å². The Kier molecular flexibility index (Phi) is 6.81. The topological polar surface area (TPSA) is 95.5 Å². The fourth-order valence-electron chi connectivity index (χ4n) is 3.10. The molecular weight excluding hydrogens is 365 g/mol. The number of alkyl halides is 3. The van der Waals surface area contributed by atoms with Crippen molar-refractivity contribution < 1.29 is 32.7 Å². The number of anilines is 1. The lowest BCUT2D eigenvalue weighted by molar-refractivity contribution is -0.185. The van der Waals surface area contributed by atoms with E-state index in [1.807, 2.05) is 0 Å². The molecule has 0 saturated heterocycles. The molecule has 2 atom stereocenters. The molecule has 3 N–H and O–H groups in total. The van der Waals surface area contributed by atoms with E-state index in [2.05, 4.69) is 10.6 Å². The van der Waals surface area contributed by atoms with Crippen LogP contribution in [0.3, 0.4) is 0 Å². The van der Waals surface area contributed by atoms with Crippen LogP contribution in [-0.2, 0) is 20.8 Å². The number of hydrogen-bond acceptors (Lipinski definition) is 3. The molecule has 0 aliphatic heterocycles. The quantitative estimate of drug-likeness (QED) is 0.701. The molecule has 0 spiro atoms. The van der Waals surface area contributed by atoms with Gasteiger partial charge in [0.15, 0.2) is 0 Å². The molecule has 1 aliphatic carbocycles. The summed E-state index contributed by atoms with van der Waals surface area (Å²) in [5.74, 6) is -4.14. The fourth-order valence-corrected chi connectivity index (χ4v) is 3.10. The second kappa shape index (κ2) is 8.88. The van der Waals surface area contributed by atoms with Gasteiger partial charge in [-0.15, -0.1) is 0 Å². The first kappa shape index (κ1) is 20.7. The SMILES string of the molecule is O=C(O)CNC(=O)Cc1ccc(NC(=O)C2CCCC(C(F)(F)F)C2)cc1. The standard InChI is InChI=1S/C18H21F3N2O4/c19-18(20,21)13-3-1-2-12(9-13)17(27)23-14-6-4-11(5-7-14)8-15(24)22-10-16(25)26/h4-7,12-13H,1-3,8-10H2,(H,22,24)(H,23,27)(H,25,26). The van der Waals surface area contributed by atoms with Crippen molar-refractivity contribution in [1.29, 1.82) is 0 Å². The first-order valence-electron chi connectivity index (χ1n) is 8.60. The number of hydrogen-bond donors (Lipinski definition) is 3. The smallest absolute Gasteiger partial charge is 0.391 e. The summed E-state index contributed by atoms with van der Waals surface area (Å²) in [5, 5.41) is 13.4. The number of rotatable bonds is 6. The Hall–Kier alpha value is -2.58. The maximum Gasteiger partial charge on any atom is 0.391 e. The predicted octanol–water partition coefficient (Wildman–Crippen LogP) is 2.74. The minimum atomic E-state index is -4.28. The third-order valence-corrected chi connectivity index (χ3v) is 4.53. The number of carboxylic acids is 1. The van der Waals surface area contributed by atoms with E-state index in [9.17, 15) is 27.6 Å². The van der Waals surface area contributed by atoms with Gasteiger partial charge in [-0.25, -0.2) is 0 Å². The lowest BCUT2D eigenvalue weighted by Crippen LogP contribution is -2.34. The van der Waals surface area contributed by atoms with E-state index in [4.69, 9.17) is 5.11 Å². The molecule has 0 heterocycles. The van der Waals surface area contributed by atoms with E-state index >= 15 is 0 Å². The number of carbonyl (C=O) groups is 3. The first-order chi connectivity index (χ1) is 12.6. The molecule has 6 nitrogen and oxygen atoms in total. The molecule has 2 amide bonds. The van der Waals surface area contributed by atoms with Crippen LogP contribution >= 0.6 is 0 Å². The van der Waals surface area contributed by atoms with E-state index in [1.165, 1.54) is 0 Å². The van der Waals surface area contributed by atoms with E-state index in [0.717, 1.165) is 0 Å². The van der Waals surface area contributed by atoms with Crippen LogP contribution in [0.5, 0.6) is 0 Å². The molecule has 1 fully saturated rings. The average molecular weight is 386 g/mol. The minimum Gasteiger partial charge on any atom is -0.480 e. The Morgan fingerprint density at radius 2 is 1.78 bits per heavy atom. The van der Waals surface area contributed by atoms with Crippen LogP contribution in [0.4, 0.5) is 18.9 Å². The molecule has 1 aliphatic rings. The molecular formula is C18H21F3N2O4. The van der Waals surface area contributed by atoms with Gasteiger partial charge in [-0.3, -0.25) is 14.4 Å². The number of benzene rings is 1. The monoisotopic (exact) mass is 386 g/mol. The van der Waals surface area contributed by atoms with E-state index in [0.29, 0.717) is 24.1 Å². The average Bonchev–Trinajstić information content (AvgIpc) is 2.61. The number of carbonyl (C=O) groups excluding carboxylic acids is 2. The largest absolute Gasteiger partial charge is 0.480 e. The van der Waals surface area contributed by atoms with E-state index in [1.54, 1.807) is 24.3 Å². The molecule has 0 radical (unpaired) electrons. The zero-order valence-corrected chi connectivity index (χ0v) is 14.5. The lowest BCUT2D eigenvalue weighted by atomic mass is 9.80. The van der Waals surface area contributed by atoms with Crippen molar-refractivity contribution in [2.75, 3.05) is 11.9 Å². The molecule has 1 aromatic carbocycles. The van der Waals surface area contributed by atoms with Crippen LogP contribution in [-0.4, -0.2) is 35.6 Å². The normalized spacial score (nSPS) is 20.0. The van der Waals surface area contributed by atoms with Gasteiger partial charge >= 0.3 is 12.1 Å². The van der Waals surface area contributed by atoms with Gasteiger partial charge < -0.3 is 15.7 Å². The fraction of sp³-hybridized carbons (Fsp3) is 0.500. The number of halogens is 3. The maximum atomic E-state index is 12.9. The number of nitrogens with one attached hydrogen (secondary N) is 2. The first-order valence-corrected chi connectivity index (χ1v) is 8.60. The predicted molar refractivity (Wildman–Crippen MR) is 90.9 cm³/mol. The van der Waals surface area contributed by atoms with Gasteiger partial charge in [0, 0.05) is 11.6 Å². The molecule has 2 unspecified atom stereocenters. The highest BCUT2D eigenvalue weighted by Gasteiger charge is 2.43. The molecule has 9 heteroatoms. The van der Waals surface area contributed by atoms with Crippen molar-refractivity contribution in [1.82, 2.24) is 5.32 Å². The Morgan fingerprint density at radius 3 is 2.37 bits per heavy atom. The molecule has 0 aromatic heterocycles. The molecule has 1 saturated carbocycles. The van der Waals surface area contributed by atoms with Crippen molar-refractivity contribution in [2.45, 2.75) is 38.3 Å². The molecule has 27 heavy (non-hydrogen) atoms. The van der Waals surface area contributed by atoms with Crippen molar-refractivity contribution in [3.8, 4) is 0 Å². The van der Waals surface area contributed by atoms with Crippen LogP contribution in [0.1, 0.15) is 31.2 Å². The summed E-state index contributed by atoms with van der Waals surface area (Å²) in [4.78, 5) is 34.2. The van der Waals surface area contributed by atoms with Crippen LogP contribution < -0.4 is 10.6 Å². The van der Waals surface area contributed by atoms with Crippen LogP contribution in [0, 0.1) is 11.8 Å². The highest BCUT2D eigenvalue weighted by atomic mass is 19.4. The number of aliphatic carboxylic acids is 1. The molecule has 148 valence electrons. The van der Waals surface area contributed by atoms with Crippen molar-refractivity contribution in [2.24, 2.45) is 11.8 Å². The summed E-state index contributed by atoms with van der Waals surface area (Å²) in [7, 11) is 0. The second-order valence-electron chi connectivity index (χ2n) is 6.64. The Balaban J connectivity index is 1.87. The summed E-state index contributed by atoms with van der Waals surface area (Å²) in [6, 6.07) is 6.30. The maximum absolute atomic E-state index is 12.9. The van der Waals surface area contributed by atoms with Gasteiger partial charge in [-0.1, -0.05) is 18.6 Å². The van der Waals surface area contributed by atoms with Gasteiger partial charge in [0.25, 0.3) is 0 Å². The van der Waals surface area contributed by atoms with Crippen molar-refractivity contribution in [3.05, 3.63) is 29.8 Å². The summed E-state index contributed by atoms with van der Waals surface area (Å²) in [6.07, 6.45) is -3.63. The Labute approximate surface area is 154 Å². The molecule has 2 rings (SSSR count). The highest BCUT2D eigenvalue weighted by molar-refractivity contribution is 5.92. The molecule has 1 aromatic rings. The van der Waals surface area contributed by atoms with Gasteiger partial charge in [0.2, 0.25) is 11.8 Å². The minimum absolute atomic E-state index is 0.0165. The van der Waals surface area contributed by atoms with E-state index < -0.39 is 42.3 Å². The lowest BCUT2D eigenvalue weighted by Gasteiger charge is -2.29. The zero-order valence-electron chi connectivity index (χ0n) is 14.5. The summed E-state index contributed by atoms with van der Waals surface area (Å²) < 4.78 is 38.6. The Morgan fingerprint density at radius 1 is 1.11 bits per heavy atom. The Bertz CT molecular complexity index is 689. The van der Waals surface area contributed by atoms with Crippen LogP contribution in [0.25, 0.3) is 0 Å². The zero-order chi connectivity index (χ0) is 20.0. The third-order valence-electron chi connectivity index (χ3n) is 4.53. The number of amides is 2. The van der Waals surface area contributed by atoms with Gasteiger partial charge in [0.1, 0.15) is 6.54 Å². The summed E-state index contributed by atoms with van der Waals surface area (Å²) >= 11 is 0. The second-order valence-corrected chi connectivity index (χ2v) is 6.64. The third kappa shape index (κ3) is 6.58. The van der Waals surface area contributed by atoms with Gasteiger partial charge in [-0.05, 0) is 37.0 Å². The van der Waals surface area contributed by atoms with Crippen LogP contribution in [0.2, 0.25) is 0 Å². The van der Waals surface area contributed by atoms with Crippen molar-refractivity contribution >= 4 is 23.5 Å². The van der Waals surface area contributed by atoms with Crippen LogP contribution in [0.15, 0.2) is 24.3 Å². The van der Waals surface area contributed by atoms with Gasteiger partial charge in [0.05, 0.1) is 12.3 Å². The summed E-state index contributed by atoms with van der Waals surface area (Å²) in [6.45, 7) is -0.465. The molecule has 0 bridgehead atoms.